The number of rotatable bonds is 5. The van der Waals surface area contributed by atoms with Crippen LogP contribution in [0, 0.1) is 23.8 Å². The molecule has 288 valence electrons. The van der Waals surface area contributed by atoms with Gasteiger partial charge in [0.15, 0.2) is 0 Å². The van der Waals surface area contributed by atoms with Gasteiger partial charge in [-0.15, -0.1) is 0 Å². The fourth-order valence-electron chi connectivity index (χ4n) is 9.35. The summed E-state index contributed by atoms with van der Waals surface area (Å²) in [6.07, 6.45) is 4.42. The predicted octanol–water partition coefficient (Wildman–Crippen LogP) is 2.68. The van der Waals surface area contributed by atoms with Gasteiger partial charge in [-0.1, -0.05) is 7.43 Å². The van der Waals surface area contributed by atoms with Crippen molar-refractivity contribution in [1.82, 2.24) is 14.7 Å². The molecule has 18 heteroatoms. The average Bonchev–Trinajstić information content (AvgIpc) is 3.99. The van der Waals surface area contributed by atoms with E-state index in [9.17, 15) is 22.8 Å². The van der Waals surface area contributed by atoms with Crippen molar-refractivity contribution in [3.63, 3.8) is 0 Å². The van der Waals surface area contributed by atoms with E-state index in [4.69, 9.17) is 44.4 Å². The molecule has 0 aliphatic carbocycles. The van der Waals surface area contributed by atoms with E-state index >= 15 is 0 Å². The number of carbonyl (C=O) groups is 3. The molecule has 9 fully saturated rings. The van der Waals surface area contributed by atoms with Crippen molar-refractivity contribution in [2.24, 2.45) is 5.92 Å². The highest BCUT2D eigenvalue weighted by Gasteiger charge is 2.68. The molecule has 0 radical (unpaired) electrons. The van der Waals surface area contributed by atoms with Crippen LogP contribution in [0.2, 0.25) is 0 Å². The zero-order valence-electron chi connectivity index (χ0n) is 29.1. The summed E-state index contributed by atoms with van der Waals surface area (Å²) in [7, 11) is -3.47. The first kappa shape index (κ1) is 38.3. The SMILES string of the molecule is C.CCOC(=O)N1C2CC(C#N)CC1[C@@H]1O[C@H]21.CCOC(=O)N1C2CC(OS(C)(=O)=O)CC1[C@@H]1O[C@H]21.[C-]#[N+]C1CC2[C@H]3O[C@H]3C(C1)N2C(=O)OCC. The Balaban J connectivity index is 0.000000133. The Kier molecular flexibility index (Phi) is 10.9. The largest absolute Gasteiger partial charge is 0.450 e. The van der Waals surface area contributed by atoms with Gasteiger partial charge in [-0.2, -0.15) is 13.7 Å². The number of piperidine rings is 3. The highest BCUT2D eigenvalue weighted by molar-refractivity contribution is 7.86. The summed E-state index contributed by atoms with van der Waals surface area (Å²) in [5.41, 5.74) is 0. The molecule has 15 atom stereocenters. The second kappa shape index (κ2) is 14.8. The minimum absolute atomic E-state index is 0. The van der Waals surface area contributed by atoms with Crippen LogP contribution in [0.15, 0.2) is 0 Å². The number of carbonyl (C=O) groups excluding carboxylic acids is 3. The molecule has 3 amide bonds. The van der Waals surface area contributed by atoms with Crippen LogP contribution in [0.3, 0.4) is 0 Å². The van der Waals surface area contributed by atoms with Gasteiger partial charge in [0.2, 0.25) is 6.04 Å². The Morgan fingerprint density at radius 1 is 0.692 bits per heavy atom. The number of nitrogens with zero attached hydrogens (tertiary/aromatic N) is 5. The summed E-state index contributed by atoms with van der Waals surface area (Å²) in [6, 6.07) is 2.36. The van der Waals surface area contributed by atoms with Crippen molar-refractivity contribution >= 4 is 28.4 Å². The lowest BCUT2D eigenvalue weighted by molar-refractivity contribution is -0.00262. The Hall–Kier alpha value is -3.42. The highest BCUT2D eigenvalue weighted by Crippen LogP contribution is 2.51. The fourth-order valence-corrected chi connectivity index (χ4v) is 10.0. The van der Waals surface area contributed by atoms with Crippen molar-refractivity contribution in [1.29, 1.82) is 5.26 Å². The number of nitriles is 1. The van der Waals surface area contributed by atoms with E-state index < -0.39 is 10.1 Å². The first-order valence-electron chi connectivity index (χ1n) is 17.9. The number of amides is 3. The summed E-state index contributed by atoms with van der Waals surface area (Å²) >= 11 is 0. The molecule has 9 aliphatic rings. The van der Waals surface area contributed by atoms with Gasteiger partial charge in [-0.3, -0.25) is 18.9 Å². The van der Waals surface area contributed by atoms with Crippen LogP contribution in [0.25, 0.3) is 4.85 Å². The molecular weight excluding hydrogens is 702 g/mol. The van der Waals surface area contributed by atoms with Gasteiger partial charge in [0.25, 0.3) is 10.1 Å². The molecular formula is C34H49N5O12S. The lowest BCUT2D eigenvalue weighted by atomic mass is 9.91. The summed E-state index contributed by atoms with van der Waals surface area (Å²) < 4.78 is 59.1. The monoisotopic (exact) mass is 751 g/mol. The van der Waals surface area contributed by atoms with Gasteiger partial charge in [0, 0.05) is 12.8 Å². The summed E-state index contributed by atoms with van der Waals surface area (Å²) in [5, 5.41) is 8.96. The Bertz CT molecular complexity index is 1460. The van der Waals surface area contributed by atoms with E-state index in [2.05, 4.69) is 10.9 Å². The third-order valence-electron chi connectivity index (χ3n) is 11.3. The van der Waals surface area contributed by atoms with Gasteiger partial charge < -0.3 is 33.3 Å². The second-order valence-electron chi connectivity index (χ2n) is 14.4. The molecule has 0 saturated carbocycles. The first-order valence-corrected chi connectivity index (χ1v) is 19.7. The van der Waals surface area contributed by atoms with Crippen molar-refractivity contribution in [3.05, 3.63) is 11.4 Å². The fraction of sp³-hybridized carbons (Fsp3) is 0.853. The van der Waals surface area contributed by atoms with Crippen molar-refractivity contribution in [2.45, 2.75) is 152 Å². The maximum absolute atomic E-state index is 11.9. The molecule has 9 aliphatic heterocycles. The van der Waals surface area contributed by atoms with Gasteiger partial charge >= 0.3 is 18.3 Å². The van der Waals surface area contributed by atoms with E-state index in [-0.39, 0.29) is 117 Å². The maximum Gasteiger partial charge on any atom is 0.410 e. The van der Waals surface area contributed by atoms with Crippen LogP contribution in [-0.2, 0) is 42.7 Å². The third-order valence-corrected chi connectivity index (χ3v) is 11.9. The predicted molar refractivity (Wildman–Crippen MR) is 179 cm³/mol. The minimum atomic E-state index is -3.47. The van der Waals surface area contributed by atoms with Gasteiger partial charge in [0.1, 0.15) is 36.6 Å². The zero-order valence-corrected chi connectivity index (χ0v) is 29.9. The quantitative estimate of drug-likeness (QED) is 0.172. The molecule has 9 unspecified atom stereocenters. The molecule has 52 heavy (non-hydrogen) atoms. The number of fused-ring (bicyclic) bond motifs is 15. The van der Waals surface area contributed by atoms with Crippen LogP contribution in [0.5, 0.6) is 0 Å². The van der Waals surface area contributed by atoms with Crippen molar-refractivity contribution < 1.29 is 55.4 Å². The van der Waals surface area contributed by atoms with Crippen LogP contribution in [0.4, 0.5) is 14.4 Å². The van der Waals surface area contributed by atoms with E-state index in [0.29, 0.717) is 32.7 Å². The normalized spacial score (nSPS) is 41.3. The average molecular weight is 752 g/mol. The topological polar surface area (TPSA) is 198 Å². The molecule has 17 nitrogen and oxygen atoms in total. The highest BCUT2D eigenvalue weighted by atomic mass is 32.2. The van der Waals surface area contributed by atoms with E-state index in [1.807, 2.05) is 11.8 Å². The lowest BCUT2D eigenvalue weighted by Gasteiger charge is -2.39. The van der Waals surface area contributed by atoms with Crippen molar-refractivity contribution in [3.8, 4) is 6.07 Å². The van der Waals surface area contributed by atoms with Crippen LogP contribution in [0.1, 0.15) is 66.7 Å². The van der Waals surface area contributed by atoms with E-state index in [1.165, 1.54) is 0 Å². The van der Waals surface area contributed by atoms with Gasteiger partial charge in [-0.05, 0) is 46.5 Å². The third kappa shape index (κ3) is 7.12. The molecule has 0 aromatic heterocycles. The smallest absolute Gasteiger partial charge is 0.410 e. The van der Waals surface area contributed by atoms with Crippen LogP contribution < -0.4 is 0 Å². The Morgan fingerprint density at radius 3 is 1.31 bits per heavy atom. The molecule has 0 spiro atoms. The summed E-state index contributed by atoms with van der Waals surface area (Å²) in [5.74, 6) is 0.0667. The number of ether oxygens (including phenoxy) is 6. The molecule has 9 saturated heterocycles. The number of hydrogen-bond acceptors (Lipinski definition) is 13. The minimum Gasteiger partial charge on any atom is -0.450 e. The van der Waals surface area contributed by atoms with Gasteiger partial charge in [0.05, 0.1) is 80.4 Å². The van der Waals surface area contributed by atoms with Crippen molar-refractivity contribution in [2.75, 3.05) is 26.1 Å². The molecule has 9 heterocycles. The van der Waals surface area contributed by atoms with Crippen LogP contribution in [-0.4, -0.2) is 152 Å². The maximum atomic E-state index is 11.9. The Labute approximate surface area is 304 Å². The number of epoxide rings is 3. The lowest BCUT2D eigenvalue weighted by Crippen LogP contribution is -2.52. The number of morpholine rings is 3. The molecule has 0 N–H and O–H groups in total. The summed E-state index contributed by atoms with van der Waals surface area (Å²) in [4.78, 5) is 44.4. The standard InChI is InChI=1S/2C11H14N2O3.C11H17NO6S.CH4/c1-3-15-11(14)13-7-4-6(12-2)5-8(13)10-9(7)16-10;1-2-15-11(14)13-7-3-6(5-12)4-8(13)10-9(7)16-10;1-3-16-11(13)12-7-4-6(18-19(2,14)15)5-8(12)10-9(7)17-10;/h6-10H,3-5H2,1H3;6-10H,2-4H2,1H3;6-10H,3-5H2,1-2H3;1H4/t3*6?,7?,8?,9-,10+;. The second-order valence-corrected chi connectivity index (χ2v) is 16.0. The molecule has 6 bridgehead atoms. The molecule has 0 aromatic rings. The first-order chi connectivity index (χ1) is 24.4. The molecule has 9 rings (SSSR count). The van der Waals surface area contributed by atoms with E-state index in [0.717, 1.165) is 31.9 Å². The van der Waals surface area contributed by atoms with E-state index in [1.54, 1.807) is 23.6 Å². The summed E-state index contributed by atoms with van der Waals surface area (Å²) in [6.45, 7) is 13.6. The Morgan fingerprint density at radius 2 is 1.02 bits per heavy atom. The number of hydrogen-bond donors (Lipinski definition) is 0. The van der Waals surface area contributed by atoms with Crippen LogP contribution >= 0.6 is 0 Å². The van der Waals surface area contributed by atoms with Gasteiger partial charge in [-0.25, -0.2) is 21.0 Å². The zero-order chi connectivity index (χ0) is 36.4. The molecule has 0 aromatic carbocycles.